The van der Waals surface area contributed by atoms with Crippen molar-refractivity contribution in [3.8, 4) is 0 Å². The summed E-state index contributed by atoms with van der Waals surface area (Å²) in [6, 6.07) is 0. The van der Waals surface area contributed by atoms with Crippen LogP contribution in [0, 0.1) is 0 Å². The topological polar surface area (TPSA) is 237 Å². The number of carbonyl (C=O) groups excluding carboxylic acids is 4. The van der Waals surface area contributed by atoms with E-state index < -0.39 is 97.5 Å². The number of carbonyl (C=O) groups is 4. The molecule has 3 N–H and O–H groups in total. The second-order valence-corrected chi connectivity index (χ2v) is 28.4. The number of hydrogen-bond acceptors (Lipinski definition) is 15. The van der Waals surface area contributed by atoms with Crippen LogP contribution >= 0.6 is 15.6 Å². The standard InChI is InChI=1S/C85H138O17P2/c1-5-9-13-17-21-25-29-33-36-38-39-41-44-47-50-54-58-62-66-70-83(88)95-75-80(101-84(89)71-67-63-59-55-51-45-32-28-24-20-16-12-8-4)77-99-103(91,92)97-73-79(86)74-98-104(93,94)100-78-81(102-85(90)72-68-64-60-56-52-48-42-35-31-27-23-19-15-11-7-3)76-96-82(87)69-65-61-57-53-49-46-43-40-37-34-30-26-22-18-14-10-6-2/h9-11,13-15,21-23,25-28,32-37,39,41-42,47,50,52,56,64,68,79-81,86H,5-8,12,16-20,24,29-31,38,40,43-46,48-49,51,53-55,57-63,65-67,69-78H2,1-4H3,(H,91,92)(H,93,94)/b13-9-,14-10-,15-11-,25-21-,26-22-,27-23-,32-28-,36-33-,37-34-,41-39-,42-35-,50-47-,56-52-,68-64-. The molecule has 0 saturated carbocycles. The minimum Gasteiger partial charge on any atom is -0.462 e. The molecule has 19 heteroatoms. The van der Waals surface area contributed by atoms with Crippen LogP contribution in [0.4, 0.5) is 0 Å². The van der Waals surface area contributed by atoms with Crippen molar-refractivity contribution in [2.45, 2.75) is 303 Å². The first-order valence-electron chi connectivity index (χ1n) is 39.4. The second kappa shape index (κ2) is 75.6. The van der Waals surface area contributed by atoms with E-state index in [-0.39, 0.29) is 25.7 Å². The highest BCUT2D eigenvalue weighted by Gasteiger charge is 2.30. The van der Waals surface area contributed by atoms with E-state index in [2.05, 4.69) is 174 Å². The van der Waals surface area contributed by atoms with Crippen LogP contribution in [0.25, 0.3) is 0 Å². The Morgan fingerprint density at radius 3 is 0.875 bits per heavy atom. The maximum atomic E-state index is 13.1. The molecule has 0 bridgehead atoms. The zero-order chi connectivity index (χ0) is 76.0. The summed E-state index contributed by atoms with van der Waals surface area (Å²) in [4.78, 5) is 72.9. The van der Waals surface area contributed by atoms with Gasteiger partial charge in [-0.1, -0.05) is 275 Å². The van der Waals surface area contributed by atoms with Crippen molar-refractivity contribution in [3.05, 3.63) is 170 Å². The number of esters is 4. The number of aliphatic hydroxyl groups is 1. The fraction of sp³-hybridized carbons (Fsp3) is 0.624. The van der Waals surface area contributed by atoms with Crippen LogP contribution in [-0.4, -0.2) is 96.7 Å². The van der Waals surface area contributed by atoms with E-state index in [1.54, 1.807) is 12.2 Å². The summed E-state index contributed by atoms with van der Waals surface area (Å²) in [7, 11) is -10.0. The molecule has 104 heavy (non-hydrogen) atoms. The summed E-state index contributed by atoms with van der Waals surface area (Å²) < 4.78 is 68.4. The number of allylic oxidation sites excluding steroid dienone is 27. The van der Waals surface area contributed by atoms with Crippen molar-refractivity contribution in [2.75, 3.05) is 39.6 Å². The molecule has 590 valence electrons. The van der Waals surface area contributed by atoms with E-state index in [1.807, 2.05) is 12.2 Å². The molecule has 0 aliphatic rings. The number of phosphoric acid groups is 2. The first-order chi connectivity index (χ1) is 50.7. The zero-order valence-corrected chi connectivity index (χ0v) is 66.2. The Morgan fingerprint density at radius 1 is 0.288 bits per heavy atom. The number of unbranched alkanes of at least 4 members (excludes halogenated alkanes) is 19. The molecule has 0 amide bonds. The van der Waals surface area contributed by atoms with E-state index >= 15 is 0 Å². The van der Waals surface area contributed by atoms with E-state index in [4.69, 9.17) is 37.0 Å². The predicted molar refractivity (Wildman–Crippen MR) is 426 cm³/mol. The van der Waals surface area contributed by atoms with Crippen molar-refractivity contribution in [1.29, 1.82) is 0 Å². The third-order valence-electron chi connectivity index (χ3n) is 15.7. The Morgan fingerprint density at radius 2 is 0.538 bits per heavy atom. The van der Waals surface area contributed by atoms with Crippen LogP contribution in [-0.2, 0) is 65.4 Å². The maximum Gasteiger partial charge on any atom is 0.472 e. The highest BCUT2D eigenvalue weighted by Crippen LogP contribution is 2.45. The van der Waals surface area contributed by atoms with E-state index in [1.165, 1.54) is 25.7 Å². The molecular formula is C85H138O17P2. The van der Waals surface area contributed by atoms with Crippen molar-refractivity contribution in [3.63, 3.8) is 0 Å². The summed E-state index contributed by atoms with van der Waals surface area (Å²) >= 11 is 0. The maximum absolute atomic E-state index is 13.1. The minimum atomic E-state index is -5.01. The van der Waals surface area contributed by atoms with Crippen LogP contribution < -0.4 is 0 Å². The van der Waals surface area contributed by atoms with Crippen molar-refractivity contribution in [2.24, 2.45) is 0 Å². The first kappa shape index (κ1) is 98.4. The lowest BCUT2D eigenvalue weighted by Crippen LogP contribution is -2.30. The van der Waals surface area contributed by atoms with Gasteiger partial charge in [-0.3, -0.25) is 37.3 Å². The Balaban J connectivity index is 5.46. The highest BCUT2D eigenvalue weighted by atomic mass is 31.2. The molecule has 0 radical (unpaired) electrons. The van der Waals surface area contributed by atoms with Gasteiger partial charge in [0, 0.05) is 19.3 Å². The summed E-state index contributed by atoms with van der Waals surface area (Å²) in [6.07, 6.45) is 89.4. The average molecular weight is 1490 g/mol. The lowest BCUT2D eigenvalue weighted by Gasteiger charge is -2.21. The number of rotatable bonds is 72. The zero-order valence-electron chi connectivity index (χ0n) is 64.4. The van der Waals surface area contributed by atoms with Crippen LogP contribution in [0.2, 0.25) is 0 Å². The monoisotopic (exact) mass is 1490 g/mol. The van der Waals surface area contributed by atoms with Crippen LogP contribution in [0.15, 0.2) is 170 Å². The quantitative estimate of drug-likeness (QED) is 0.0169. The molecule has 17 nitrogen and oxygen atoms in total. The molecule has 0 spiro atoms. The van der Waals surface area contributed by atoms with Gasteiger partial charge in [0.05, 0.1) is 32.8 Å². The fourth-order valence-corrected chi connectivity index (χ4v) is 11.4. The van der Waals surface area contributed by atoms with Gasteiger partial charge in [-0.15, -0.1) is 0 Å². The van der Waals surface area contributed by atoms with Crippen LogP contribution in [0.5, 0.6) is 0 Å². The lowest BCUT2D eigenvalue weighted by molar-refractivity contribution is -0.161. The van der Waals surface area contributed by atoms with Crippen molar-refractivity contribution >= 4 is 39.5 Å². The molecule has 0 aliphatic heterocycles. The predicted octanol–water partition coefficient (Wildman–Crippen LogP) is 23.0. The molecule has 5 atom stereocenters. The van der Waals surface area contributed by atoms with Gasteiger partial charge in [0.1, 0.15) is 19.3 Å². The molecule has 0 aliphatic carbocycles. The van der Waals surface area contributed by atoms with E-state index in [9.17, 15) is 43.2 Å². The third-order valence-corrected chi connectivity index (χ3v) is 17.6. The van der Waals surface area contributed by atoms with Gasteiger partial charge < -0.3 is 33.8 Å². The number of aliphatic hydroxyl groups excluding tert-OH is 1. The Kier molecular flexibility index (Phi) is 71.6. The van der Waals surface area contributed by atoms with Crippen LogP contribution in [0.1, 0.15) is 285 Å². The lowest BCUT2D eigenvalue weighted by atomic mass is 10.1. The molecule has 0 heterocycles. The van der Waals surface area contributed by atoms with Crippen LogP contribution in [0.3, 0.4) is 0 Å². The van der Waals surface area contributed by atoms with Gasteiger partial charge in [0.15, 0.2) is 12.2 Å². The molecule has 5 unspecified atom stereocenters. The summed E-state index contributed by atoms with van der Waals surface area (Å²) in [5.41, 5.74) is 0. The summed E-state index contributed by atoms with van der Waals surface area (Å²) in [5.74, 6) is -2.39. The Bertz CT molecular complexity index is 2640. The molecule has 0 aromatic heterocycles. The van der Waals surface area contributed by atoms with Gasteiger partial charge in [-0.05, 0) is 154 Å². The van der Waals surface area contributed by atoms with Crippen molar-refractivity contribution < 1.29 is 80.2 Å². The molecule has 0 aromatic rings. The summed E-state index contributed by atoms with van der Waals surface area (Å²) in [6.45, 7) is 4.33. The smallest absolute Gasteiger partial charge is 0.462 e. The summed E-state index contributed by atoms with van der Waals surface area (Å²) in [5, 5.41) is 10.6. The van der Waals surface area contributed by atoms with E-state index in [0.717, 1.165) is 180 Å². The number of ether oxygens (including phenoxy) is 4. The average Bonchev–Trinajstić information content (AvgIpc) is 0.939. The molecule has 0 aromatic carbocycles. The highest BCUT2D eigenvalue weighted by molar-refractivity contribution is 7.47. The molecular weight excluding hydrogens is 1350 g/mol. The van der Waals surface area contributed by atoms with Gasteiger partial charge in [0.25, 0.3) is 0 Å². The minimum absolute atomic E-state index is 0.0692. The number of hydrogen-bond donors (Lipinski definition) is 3. The van der Waals surface area contributed by atoms with Gasteiger partial charge >= 0.3 is 39.5 Å². The molecule has 0 rings (SSSR count). The van der Waals surface area contributed by atoms with Crippen molar-refractivity contribution in [1.82, 2.24) is 0 Å². The largest absolute Gasteiger partial charge is 0.472 e. The van der Waals surface area contributed by atoms with Gasteiger partial charge in [-0.25, -0.2) is 9.13 Å². The Hall–Kier alpha value is -5.58. The van der Waals surface area contributed by atoms with Gasteiger partial charge in [0.2, 0.25) is 0 Å². The number of phosphoric ester groups is 2. The van der Waals surface area contributed by atoms with Gasteiger partial charge in [-0.2, -0.15) is 0 Å². The third kappa shape index (κ3) is 74.7. The second-order valence-electron chi connectivity index (χ2n) is 25.5. The first-order valence-corrected chi connectivity index (χ1v) is 42.4. The molecule has 0 saturated heterocycles. The SMILES string of the molecule is CC/C=C\C/C=C\C/C=C\C/C=C\C/C=C\CCCCCC(=O)OCC(COP(=O)(O)OCC(O)COP(=O)(O)OCC(COC(=O)CCCCCCCCC/C=C\C/C=C\C/C=C\CC)OC(=O)C/C=C\C/C=C\C/C=C\C/C=C\C/C=C\CC)OC(=O)CCCCCCC/C=C\CCCCCC. The normalized spacial score (nSPS) is 14.8. The molecule has 0 fully saturated rings. The fourth-order valence-electron chi connectivity index (χ4n) is 9.80. The van der Waals surface area contributed by atoms with E-state index in [0.29, 0.717) is 25.7 Å². The Labute approximate surface area is 629 Å².